The van der Waals surface area contributed by atoms with Crippen molar-refractivity contribution in [1.29, 1.82) is 0 Å². The second-order valence-corrected chi connectivity index (χ2v) is 5.45. The molecule has 0 aromatic heterocycles. The molecule has 4 heteroatoms. The fourth-order valence-electron chi connectivity index (χ4n) is 2.48. The molecule has 0 saturated carbocycles. The Morgan fingerprint density at radius 2 is 1.62 bits per heavy atom. The standard InChI is InChI=1S/C17H20O4/c1-10(12-4-6-15(19)17(21)8-12)3-5-14-11(2)7-13(18)9-16(14)20/h4,6-10,18-21H,3,5H2,1-2H3. The van der Waals surface area contributed by atoms with Gasteiger partial charge >= 0.3 is 0 Å². The second-order valence-electron chi connectivity index (χ2n) is 5.45. The second kappa shape index (κ2) is 5.95. The van der Waals surface area contributed by atoms with E-state index < -0.39 is 0 Å². The molecule has 0 aliphatic rings. The van der Waals surface area contributed by atoms with Gasteiger partial charge in [-0.25, -0.2) is 0 Å². The van der Waals surface area contributed by atoms with Crippen molar-refractivity contribution in [2.75, 3.05) is 0 Å². The van der Waals surface area contributed by atoms with Crippen molar-refractivity contribution in [2.24, 2.45) is 0 Å². The van der Waals surface area contributed by atoms with Crippen molar-refractivity contribution in [3.8, 4) is 23.0 Å². The summed E-state index contributed by atoms with van der Waals surface area (Å²) in [5, 5.41) is 38.2. The molecule has 0 amide bonds. The van der Waals surface area contributed by atoms with Gasteiger partial charge in [-0.15, -0.1) is 0 Å². The Morgan fingerprint density at radius 3 is 2.24 bits per heavy atom. The van der Waals surface area contributed by atoms with E-state index in [0.717, 1.165) is 23.1 Å². The van der Waals surface area contributed by atoms with Crippen LogP contribution in [0.4, 0.5) is 0 Å². The van der Waals surface area contributed by atoms with Crippen LogP contribution in [-0.4, -0.2) is 20.4 Å². The van der Waals surface area contributed by atoms with Gasteiger partial charge in [-0.2, -0.15) is 0 Å². The van der Waals surface area contributed by atoms with Gasteiger partial charge < -0.3 is 20.4 Å². The molecule has 0 heterocycles. The van der Waals surface area contributed by atoms with E-state index in [1.54, 1.807) is 18.2 Å². The van der Waals surface area contributed by atoms with Crippen LogP contribution in [-0.2, 0) is 6.42 Å². The Labute approximate surface area is 123 Å². The number of benzene rings is 2. The van der Waals surface area contributed by atoms with E-state index in [-0.39, 0.29) is 28.9 Å². The molecule has 0 fully saturated rings. The predicted octanol–water partition coefficient (Wildman–Crippen LogP) is 3.55. The average molecular weight is 288 g/mol. The third-order valence-electron chi connectivity index (χ3n) is 3.83. The highest BCUT2D eigenvalue weighted by molar-refractivity contribution is 5.45. The van der Waals surface area contributed by atoms with Crippen molar-refractivity contribution >= 4 is 0 Å². The van der Waals surface area contributed by atoms with Crippen LogP contribution in [0, 0.1) is 6.92 Å². The monoisotopic (exact) mass is 288 g/mol. The summed E-state index contributed by atoms with van der Waals surface area (Å²) in [6.07, 6.45) is 1.45. The van der Waals surface area contributed by atoms with Gasteiger partial charge in [0.15, 0.2) is 11.5 Å². The molecule has 1 atom stereocenters. The van der Waals surface area contributed by atoms with Crippen LogP contribution in [0.1, 0.15) is 36.0 Å². The lowest BCUT2D eigenvalue weighted by Crippen LogP contribution is -1.98. The number of phenolic OH excluding ortho intramolecular Hbond substituents is 4. The lowest BCUT2D eigenvalue weighted by atomic mass is 9.92. The molecule has 21 heavy (non-hydrogen) atoms. The molecule has 2 aromatic carbocycles. The van der Waals surface area contributed by atoms with Crippen molar-refractivity contribution in [3.63, 3.8) is 0 Å². The summed E-state index contributed by atoms with van der Waals surface area (Å²) in [4.78, 5) is 0. The van der Waals surface area contributed by atoms with Crippen molar-refractivity contribution < 1.29 is 20.4 Å². The van der Waals surface area contributed by atoms with Gasteiger partial charge in [-0.05, 0) is 60.6 Å². The summed E-state index contributed by atoms with van der Waals surface area (Å²) in [5.74, 6) is 0.0867. The van der Waals surface area contributed by atoms with Gasteiger partial charge in [-0.3, -0.25) is 0 Å². The third kappa shape index (κ3) is 3.40. The van der Waals surface area contributed by atoms with Crippen molar-refractivity contribution in [1.82, 2.24) is 0 Å². The lowest BCUT2D eigenvalue weighted by Gasteiger charge is -2.15. The van der Waals surface area contributed by atoms with Crippen LogP contribution in [0.5, 0.6) is 23.0 Å². The van der Waals surface area contributed by atoms with E-state index in [1.165, 1.54) is 12.1 Å². The summed E-state index contributed by atoms with van der Waals surface area (Å²) in [6.45, 7) is 3.88. The summed E-state index contributed by atoms with van der Waals surface area (Å²) in [7, 11) is 0. The zero-order valence-corrected chi connectivity index (χ0v) is 12.2. The highest BCUT2D eigenvalue weighted by Gasteiger charge is 2.12. The van der Waals surface area contributed by atoms with Crippen LogP contribution in [0.2, 0.25) is 0 Å². The van der Waals surface area contributed by atoms with E-state index in [4.69, 9.17) is 0 Å². The van der Waals surface area contributed by atoms with Gasteiger partial charge in [0.05, 0.1) is 0 Å². The number of hydrogen-bond acceptors (Lipinski definition) is 4. The van der Waals surface area contributed by atoms with Crippen LogP contribution < -0.4 is 0 Å². The maximum atomic E-state index is 9.90. The maximum Gasteiger partial charge on any atom is 0.157 e. The first-order valence-electron chi connectivity index (χ1n) is 6.91. The zero-order chi connectivity index (χ0) is 15.6. The molecule has 0 aliphatic carbocycles. The third-order valence-corrected chi connectivity index (χ3v) is 3.83. The smallest absolute Gasteiger partial charge is 0.157 e. The van der Waals surface area contributed by atoms with E-state index in [9.17, 15) is 20.4 Å². The molecule has 4 nitrogen and oxygen atoms in total. The van der Waals surface area contributed by atoms with Gasteiger partial charge in [-0.1, -0.05) is 13.0 Å². The number of rotatable bonds is 4. The van der Waals surface area contributed by atoms with E-state index >= 15 is 0 Å². The summed E-state index contributed by atoms with van der Waals surface area (Å²) in [5.41, 5.74) is 2.61. The number of aryl methyl sites for hydroxylation is 1. The zero-order valence-electron chi connectivity index (χ0n) is 12.2. The summed E-state index contributed by atoms with van der Waals surface area (Å²) in [6, 6.07) is 7.79. The molecular weight excluding hydrogens is 268 g/mol. The van der Waals surface area contributed by atoms with Crippen LogP contribution in [0.25, 0.3) is 0 Å². The lowest BCUT2D eigenvalue weighted by molar-refractivity contribution is 0.402. The molecule has 0 radical (unpaired) electrons. The number of phenols is 4. The Hall–Kier alpha value is -2.36. The molecule has 0 spiro atoms. The van der Waals surface area contributed by atoms with Gasteiger partial charge in [0.1, 0.15) is 11.5 Å². The summed E-state index contributed by atoms with van der Waals surface area (Å²) < 4.78 is 0. The first-order valence-corrected chi connectivity index (χ1v) is 6.91. The molecule has 1 unspecified atom stereocenters. The first-order chi connectivity index (χ1) is 9.88. The Kier molecular flexibility index (Phi) is 4.26. The molecular formula is C17H20O4. The molecule has 0 aliphatic heterocycles. The topological polar surface area (TPSA) is 80.9 Å². The normalized spacial score (nSPS) is 12.3. The molecule has 4 N–H and O–H groups in total. The van der Waals surface area contributed by atoms with E-state index in [1.807, 2.05) is 13.8 Å². The maximum absolute atomic E-state index is 9.90. The molecule has 0 bridgehead atoms. The van der Waals surface area contributed by atoms with Gasteiger partial charge in [0.2, 0.25) is 0 Å². The fraction of sp³-hybridized carbons (Fsp3) is 0.294. The molecule has 0 saturated heterocycles. The largest absolute Gasteiger partial charge is 0.508 e. The van der Waals surface area contributed by atoms with Crippen molar-refractivity contribution in [3.05, 3.63) is 47.0 Å². The molecule has 112 valence electrons. The van der Waals surface area contributed by atoms with E-state index in [0.29, 0.717) is 6.42 Å². The minimum Gasteiger partial charge on any atom is -0.508 e. The van der Waals surface area contributed by atoms with Crippen molar-refractivity contribution in [2.45, 2.75) is 32.6 Å². The predicted molar refractivity (Wildman–Crippen MR) is 81.0 cm³/mol. The molecule has 2 rings (SSSR count). The number of aromatic hydroxyl groups is 4. The Balaban J connectivity index is 2.11. The van der Waals surface area contributed by atoms with Gasteiger partial charge in [0.25, 0.3) is 0 Å². The molecule has 2 aromatic rings. The highest BCUT2D eigenvalue weighted by atomic mass is 16.3. The Bertz CT molecular complexity index is 626. The summed E-state index contributed by atoms with van der Waals surface area (Å²) >= 11 is 0. The van der Waals surface area contributed by atoms with Crippen LogP contribution in [0.3, 0.4) is 0 Å². The average Bonchev–Trinajstić information content (AvgIpc) is 2.40. The quantitative estimate of drug-likeness (QED) is 0.648. The Morgan fingerprint density at radius 1 is 0.905 bits per heavy atom. The van der Waals surface area contributed by atoms with Crippen LogP contribution in [0.15, 0.2) is 30.3 Å². The van der Waals surface area contributed by atoms with E-state index in [2.05, 4.69) is 0 Å². The highest BCUT2D eigenvalue weighted by Crippen LogP contribution is 2.33. The first kappa shape index (κ1) is 15.0. The van der Waals surface area contributed by atoms with Gasteiger partial charge in [0, 0.05) is 6.07 Å². The fourth-order valence-corrected chi connectivity index (χ4v) is 2.48. The minimum absolute atomic E-state index is 0.0604. The minimum atomic E-state index is -0.127. The number of hydrogen-bond donors (Lipinski definition) is 4. The van der Waals surface area contributed by atoms with Crippen LogP contribution >= 0.6 is 0 Å². The SMILES string of the molecule is Cc1cc(O)cc(O)c1CCC(C)c1ccc(O)c(O)c1.